The first kappa shape index (κ1) is 13.7. The zero-order valence-electron chi connectivity index (χ0n) is 12.4. The summed E-state index contributed by atoms with van der Waals surface area (Å²) < 4.78 is 13.0. The fraction of sp³-hybridized carbons (Fsp3) is 0.375. The van der Waals surface area contributed by atoms with Gasteiger partial charge in [0.1, 0.15) is 17.6 Å². The number of aromatic nitrogens is 2. The van der Waals surface area contributed by atoms with E-state index in [4.69, 9.17) is 9.47 Å². The molecule has 1 aromatic carbocycles. The average molecular weight is 286 g/mol. The normalized spacial score (nSPS) is 17.3. The number of carbonyl (C=O) groups excluding carboxylic acids is 1. The van der Waals surface area contributed by atoms with Crippen LogP contribution in [0.2, 0.25) is 0 Å². The van der Waals surface area contributed by atoms with Gasteiger partial charge in [0.2, 0.25) is 0 Å². The van der Waals surface area contributed by atoms with Crippen molar-refractivity contribution in [2.24, 2.45) is 7.05 Å². The lowest BCUT2D eigenvalue weighted by Gasteiger charge is -2.25. The predicted octanol–water partition coefficient (Wildman–Crippen LogP) is 2.70. The Hall–Kier alpha value is -2.30. The van der Waals surface area contributed by atoms with E-state index < -0.39 is 0 Å². The molecule has 0 saturated heterocycles. The molecule has 1 aromatic heterocycles. The molecule has 0 aliphatic carbocycles. The maximum absolute atomic E-state index is 12.3. The highest BCUT2D eigenvalue weighted by atomic mass is 16.5. The maximum atomic E-state index is 12.3. The third kappa shape index (κ3) is 2.39. The van der Waals surface area contributed by atoms with Gasteiger partial charge in [0, 0.05) is 24.9 Å². The quantitative estimate of drug-likeness (QED) is 0.870. The van der Waals surface area contributed by atoms with E-state index in [0.29, 0.717) is 23.5 Å². The Morgan fingerprint density at radius 2 is 2.29 bits per heavy atom. The maximum Gasteiger partial charge on any atom is 0.170 e. The van der Waals surface area contributed by atoms with Crippen LogP contribution in [0.15, 0.2) is 24.4 Å². The van der Waals surface area contributed by atoms with Crippen LogP contribution in [-0.4, -0.2) is 22.7 Å². The van der Waals surface area contributed by atoms with Crippen LogP contribution in [0, 0.1) is 0 Å². The van der Waals surface area contributed by atoms with Crippen molar-refractivity contribution in [2.45, 2.75) is 25.9 Å². The van der Waals surface area contributed by atoms with Gasteiger partial charge in [-0.25, -0.2) is 0 Å². The average Bonchev–Trinajstić information content (AvgIpc) is 2.87. The third-order valence-electron chi connectivity index (χ3n) is 3.75. The molecular weight excluding hydrogens is 268 g/mol. The molecule has 0 spiro atoms. The molecule has 1 aliphatic heterocycles. The molecule has 0 saturated carbocycles. The van der Waals surface area contributed by atoms with Gasteiger partial charge in [-0.3, -0.25) is 9.48 Å². The number of ketones is 1. The Morgan fingerprint density at radius 3 is 3.00 bits per heavy atom. The fourth-order valence-electron chi connectivity index (χ4n) is 2.70. The van der Waals surface area contributed by atoms with Gasteiger partial charge in [-0.05, 0) is 18.6 Å². The van der Waals surface area contributed by atoms with E-state index in [1.54, 1.807) is 30.0 Å². The van der Waals surface area contributed by atoms with E-state index in [1.165, 1.54) is 0 Å². The van der Waals surface area contributed by atoms with Crippen molar-refractivity contribution in [1.82, 2.24) is 9.78 Å². The second-order valence-corrected chi connectivity index (χ2v) is 5.15. The van der Waals surface area contributed by atoms with E-state index in [0.717, 1.165) is 17.7 Å². The van der Waals surface area contributed by atoms with E-state index in [2.05, 4.69) is 5.10 Å². The molecule has 2 heterocycles. The molecule has 110 valence electrons. The summed E-state index contributed by atoms with van der Waals surface area (Å²) >= 11 is 0. The van der Waals surface area contributed by atoms with Crippen LogP contribution >= 0.6 is 0 Å². The van der Waals surface area contributed by atoms with Crippen LogP contribution in [-0.2, 0) is 13.5 Å². The lowest BCUT2D eigenvalue weighted by molar-refractivity contribution is 0.0848. The zero-order valence-corrected chi connectivity index (χ0v) is 12.4. The molecule has 0 N–H and O–H groups in total. The molecule has 0 bridgehead atoms. The number of hydrogen-bond acceptors (Lipinski definition) is 4. The van der Waals surface area contributed by atoms with Gasteiger partial charge in [-0.15, -0.1) is 0 Å². The highest BCUT2D eigenvalue weighted by Crippen LogP contribution is 2.37. The Bertz CT molecular complexity index is 691. The van der Waals surface area contributed by atoms with Crippen LogP contribution in [0.5, 0.6) is 11.5 Å². The molecule has 5 nitrogen and oxygen atoms in total. The van der Waals surface area contributed by atoms with Gasteiger partial charge in [-0.1, -0.05) is 6.92 Å². The van der Waals surface area contributed by atoms with Gasteiger partial charge in [0.25, 0.3) is 0 Å². The Kier molecular flexibility index (Phi) is 3.41. The minimum Gasteiger partial charge on any atom is -0.497 e. The van der Waals surface area contributed by atoms with Gasteiger partial charge >= 0.3 is 0 Å². The molecule has 5 heteroatoms. The smallest absolute Gasteiger partial charge is 0.170 e. The molecule has 0 amide bonds. The van der Waals surface area contributed by atoms with Crippen molar-refractivity contribution >= 4 is 5.78 Å². The SMILES string of the molecule is CCc1nn(C)cc1C1CC(=O)c2ccc(OC)cc2O1. The minimum absolute atomic E-state index is 0.0924. The van der Waals surface area contributed by atoms with Crippen LogP contribution in [0.25, 0.3) is 0 Å². The number of carbonyl (C=O) groups is 1. The molecule has 3 rings (SSSR count). The fourth-order valence-corrected chi connectivity index (χ4v) is 2.70. The first-order valence-corrected chi connectivity index (χ1v) is 7.02. The summed E-state index contributed by atoms with van der Waals surface area (Å²) in [6.07, 6.45) is 2.82. The van der Waals surface area contributed by atoms with Crippen LogP contribution in [0.3, 0.4) is 0 Å². The molecule has 0 radical (unpaired) electrons. The predicted molar refractivity (Wildman–Crippen MR) is 77.9 cm³/mol. The standard InChI is InChI=1S/C16H18N2O3/c1-4-13-12(9-18(2)17-13)16-8-14(19)11-6-5-10(20-3)7-15(11)21-16/h5-7,9,16H,4,8H2,1-3H3. The summed E-state index contributed by atoms with van der Waals surface area (Å²) in [5, 5.41) is 4.42. The molecule has 1 unspecified atom stereocenters. The highest BCUT2D eigenvalue weighted by molar-refractivity contribution is 6.00. The molecule has 1 atom stereocenters. The van der Waals surface area contributed by atoms with Crippen molar-refractivity contribution in [1.29, 1.82) is 0 Å². The van der Waals surface area contributed by atoms with Crippen LogP contribution < -0.4 is 9.47 Å². The number of rotatable bonds is 3. The number of benzene rings is 1. The molecule has 1 aliphatic rings. The lowest BCUT2D eigenvalue weighted by Crippen LogP contribution is -2.21. The van der Waals surface area contributed by atoms with E-state index >= 15 is 0 Å². The van der Waals surface area contributed by atoms with E-state index in [9.17, 15) is 4.79 Å². The summed E-state index contributed by atoms with van der Waals surface area (Å²) in [6.45, 7) is 2.05. The Labute approximate surface area is 123 Å². The summed E-state index contributed by atoms with van der Waals surface area (Å²) in [5.74, 6) is 1.36. The van der Waals surface area contributed by atoms with Crippen molar-refractivity contribution in [3.8, 4) is 11.5 Å². The number of methoxy groups -OCH3 is 1. The van der Waals surface area contributed by atoms with Crippen molar-refractivity contribution in [2.75, 3.05) is 7.11 Å². The number of hydrogen-bond donors (Lipinski definition) is 0. The number of aryl methyl sites for hydroxylation is 2. The summed E-state index contributed by atoms with van der Waals surface area (Å²) in [7, 11) is 3.48. The van der Waals surface area contributed by atoms with E-state index in [1.807, 2.05) is 20.2 Å². The van der Waals surface area contributed by atoms with E-state index in [-0.39, 0.29) is 11.9 Å². The van der Waals surface area contributed by atoms with Gasteiger partial charge in [0.05, 0.1) is 24.8 Å². The molecule has 2 aromatic rings. The molecular formula is C16H18N2O3. The molecule has 0 fully saturated rings. The van der Waals surface area contributed by atoms with Gasteiger partial charge in [0.15, 0.2) is 5.78 Å². The third-order valence-corrected chi connectivity index (χ3v) is 3.75. The van der Waals surface area contributed by atoms with Gasteiger partial charge < -0.3 is 9.47 Å². The second kappa shape index (κ2) is 5.24. The van der Waals surface area contributed by atoms with Crippen molar-refractivity contribution in [3.05, 3.63) is 41.2 Å². The largest absolute Gasteiger partial charge is 0.497 e. The van der Waals surface area contributed by atoms with Gasteiger partial charge in [-0.2, -0.15) is 5.10 Å². The number of fused-ring (bicyclic) bond motifs is 1. The lowest BCUT2D eigenvalue weighted by atomic mass is 9.96. The second-order valence-electron chi connectivity index (χ2n) is 5.15. The first-order chi connectivity index (χ1) is 10.1. The minimum atomic E-state index is -0.277. The Morgan fingerprint density at radius 1 is 1.48 bits per heavy atom. The zero-order chi connectivity index (χ0) is 15.0. The van der Waals surface area contributed by atoms with Crippen molar-refractivity contribution < 1.29 is 14.3 Å². The number of nitrogens with zero attached hydrogens (tertiary/aromatic N) is 2. The summed E-state index contributed by atoms with van der Waals surface area (Å²) in [6, 6.07) is 5.31. The summed E-state index contributed by atoms with van der Waals surface area (Å²) in [4.78, 5) is 12.3. The van der Waals surface area contributed by atoms with Crippen molar-refractivity contribution in [3.63, 3.8) is 0 Å². The van der Waals surface area contributed by atoms with Crippen LogP contribution in [0.4, 0.5) is 0 Å². The monoisotopic (exact) mass is 286 g/mol. The number of Topliss-reactive ketones (excluding diaryl/α,β-unsaturated/α-hetero) is 1. The first-order valence-electron chi connectivity index (χ1n) is 7.02. The van der Waals surface area contributed by atoms with Crippen LogP contribution in [0.1, 0.15) is 41.1 Å². The topological polar surface area (TPSA) is 53.4 Å². The number of ether oxygens (including phenoxy) is 2. The molecule has 21 heavy (non-hydrogen) atoms. The highest BCUT2D eigenvalue weighted by Gasteiger charge is 2.30. The Balaban J connectivity index is 1.98. The summed E-state index contributed by atoms with van der Waals surface area (Å²) in [5.41, 5.74) is 2.58.